The van der Waals surface area contributed by atoms with Gasteiger partial charge >= 0.3 is 5.97 Å². The Hall–Kier alpha value is -2.63. The van der Waals surface area contributed by atoms with Gasteiger partial charge in [0.25, 0.3) is 0 Å². The number of aliphatic hydroxyl groups is 1. The summed E-state index contributed by atoms with van der Waals surface area (Å²) < 4.78 is 0. The fraction of sp³-hybridized carbons (Fsp3) is 0.688. The van der Waals surface area contributed by atoms with Crippen molar-refractivity contribution in [1.29, 1.82) is 0 Å². The SMILES string of the molecule is CC[C@H](C)[C@H](NC(=O)[C@@H](NC(=O)[C@@H](N)CSC/C=C(\C)CC/C=C(\C)CCC=C(C)C)C(C)C)C(=O)N[C@@H](CO)C(=O)O. The second kappa shape index (κ2) is 22.0. The lowest BCUT2D eigenvalue weighted by Crippen LogP contribution is -2.60. The van der Waals surface area contributed by atoms with Crippen LogP contribution >= 0.6 is 11.8 Å². The normalized spacial score (nSPS) is 15.6. The van der Waals surface area contributed by atoms with Gasteiger partial charge in [0.2, 0.25) is 17.7 Å². The zero-order chi connectivity index (χ0) is 33.1. The predicted octanol–water partition coefficient (Wildman–Crippen LogP) is 3.70. The molecule has 0 saturated heterocycles. The molecule has 0 aromatic heterocycles. The Morgan fingerprint density at radius 2 is 1.35 bits per heavy atom. The van der Waals surface area contributed by atoms with Crippen LogP contribution in [0.3, 0.4) is 0 Å². The number of amides is 3. The third kappa shape index (κ3) is 17.3. The molecular formula is C32H56N4O6S. The highest BCUT2D eigenvalue weighted by Crippen LogP contribution is 2.14. The molecule has 0 aliphatic heterocycles. The molecule has 0 aromatic carbocycles. The van der Waals surface area contributed by atoms with Gasteiger partial charge in [-0.25, -0.2) is 4.79 Å². The second-order valence-electron chi connectivity index (χ2n) is 11.8. The molecule has 0 spiro atoms. The summed E-state index contributed by atoms with van der Waals surface area (Å²) in [5.41, 5.74) is 10.2. The summed E-state index contributed by atoms with van der Waals surface area (Å²) in [4.78, 5) is 50.1. The molecule has 3 amide bonds. The molecule has 0 bridgehead atoms. The first kappa shape index (κ1) is 40.4. The maximum atomic E-state index is 13.2. The number of aliphatic carboxylic acids is 1. The van der Waals surface area contributed by atoms with Gasteiger partial charge in [-0.3, -0.25) is 14.4 Å². The van der Waals surface area contributed by atoms with E-state index >= 15 is 0 Å². The molecule has 0 rings (SSSR count). The van der Waals surface area contributed by atoms with Crippen LogP contribution in [-0.4, -0.2) is 76.2 Å². The second-order valence-corrected chi connectivity index (χ2v) is 12.9. The monoisotopic (exact) mass is 624 g/mol. The third-order valence-electron chi connectivity index (χ3n) is 7.14. The lowest BCUT2D eigenvalue weighted by atomic mass is 9.96. The third-order valence-corrected chi connectivity index (χ3v) is 8.14. The molecule has 0 aliphatic carbocycles. The highest BCUT2D eigenvalue weighted by atomic mass is 32.2. The molecule has 0 saturated carbocycles. The lowest BCUT2D eigenvalue weighted by molar-refractivity contribution is -0.143. The summed E-state index contributed by atoms with van der Waals surface area (Å²) in [7, 11) is 0. The number of hydrogen-bond acceptors (Lipinski definition) is 7. The van der Waals surface area contributed by atoms with Gasteiger partial charge in [-0.15, -0.1) is 0 Å². The molecule has 0 radical (unpaired) electrons. The molecule has 43 heavy (non-hydrogen) atoms. The zero-order valence-electron chi connectivity index (χ0n) is 27.4. The highest BCUT2D eigenvalue weighted by Gasteiger charge is 2.33. The van der Waals surface area contributed by atoms with Crippen molar-refractivity contribution < 1.29 is 29.4 Å². The zero-order valence-corrected chi connectivity index (χ0v) is 28.2. The maximum absolute atomic E-state index is 13.2. The Morgan fingerprint density at radius 1 is 0.814 bits per heavy atom. The molecule has 7 N–H and O–H groups in total. The van der Waals surface area contributed by atoms with Gasteiger partial charge in [0.15, 0.2) is 0 Å². The van der Waals surface area contributed by atoms with Crippen LogP contribution in [0.25, 0.3) is 0 Å². The van der Waals surface area contributed by atoms with Crippen LogP contribution < -0.4 is 21.7 Å². The first-order valence-electron chi connectivity index (χ1n) is 15.2. The topological polar surface area (TPSA) is 171 Å². The van der Waals surface area contributed by atoms with Crippen LogP contribution in [0, 0.1) is 11.8 Å². The van der Waals surface area contributed by atoms with Gasteiger partial charge in [-0.1, -0.05) is 69.1 Å². The van der Waals surface area contributed by atoms with E-state index in [1.54, 1.807) is 32.5 Å². The standard InChI is InChI=1S/C32H56N4O6S/c1-9-24(8)28(31(40)34-26(18-37)32(41)42)36-30(39)27(21(4)5)35-29(38)25(33)19-43-17-16-23(7)15-11-14-22(6)13-10-12-20(2)3/h12,14,16,21,24-28,37H,9-11,13,15,17-19,33H2,1-8H3,(H,34,40)(H,35,38)(H,36,39)(H,41,42)/b22-14+,23-16+/t24-,25-,26-,27-,28-/m0/s1. The van der Waals surface area contributed by atoms with Crippen molar-refractivity contribution in [3.8, 4) is 0 Å². The van der Waals surface area contributed by atoms with Crippen molar-refractivity contribution in [3.05, 3.63) is 34.9 Å². The van der Waals surface area contributed by atoms with E-state index < -0.39 is 54.5 Å². The summed E-state index contributed by atoms with van der Waals surface area (Å²) in [6.45, 7) is 14.8. The minimum Gasteiger partial charge on any atom is -0.480 e. The molecule has 10 nitrogen and oxygen atoms in total. The average Bonchev–Trinajstić information content (AvgIpc) is 2.93. The first-order chi connectivity index (χ1) is 20.1. The number of nitrogens with one attached hydrogen (secondary N) is 3. The van der Waals surface area contributed by atoms with Crippen molar-refractivity contribution in [1.82, 2.24) is 16.0 Å². The number of allylic oxidation sites excluding steroid dienone is 5. The van der Waals surface area contributed by atoms with E-state index in [4.69, 9.17) is 10.8 Å². The largest absolute Gasteiger partial charge is 0.480 e. The minimum absolute atomic E-state index is 0.302. The molecule has 0 aliphatic rings. The summed E-state index contributed by atoms with van der Waals surface area (Å²) in [6.07, 6.45) is 11.4. The van der Waals surface area contributed by atoms with Gasteiger partial charge in [0.1, 0.15) is 18.1 Å². The number of carbonyl (C=O) groups excluding carboxylic acids is 3. The van der Waals surface area contributed by atoms with Crippen LogP contribution in [0.1, 0.15) is 87.5 Å². The Balaban J connectivity index is 4.97. The molecule has 246 valence electrons. The Kier molecular flexibility index (Phi) is 20.6. The highest BCUT2D eigenvalue weighted by molar-refractivity contribution is 7.99. The van der Waals surface area contributed by atoms with Crippen molar-refractivity contribution in [2.45, 2.75) is 112 Å². The number of carboxylic acids is 1. The molecule has 0 unspecified atom stereocenters. The van der Waals surface area contributed by atoms with Crippen LogP contribution in [0.15, 0.2) is 34.9 Å². The summed E-state index contributed by atoms with van der Waals surface area (Å²) in [5, 5.41) is 26.1. The van der Waals surface area contributed by atoms with Crippen LogP contribution in [0.4, 0.5) is 0 Å². The van der Waals surface area contributed by atoms with Crippen LogP contribution in [-0.2, 0) is 19.2 Å². The van der Waals surface area contributed by atoms with Gasteiger partial charge in [0, 0.05) is 11.5 Å². The van der Waals surface area contributed by atoms with Gasteiger partial charge in [0.05, 0.1) is 12.6 Å². The van der Waals surface area contributed by atoms with Gasteiger partial charge < -0.3 is 31.9 Å². The van der Waals surface area contributed by atoms with Crippen LogP contribution in [0.5, 0.6) is 0 Å². The number of hydrogen-bond donors (Lipinski definition) is 6. The number of rotatable bonds is 21. The fourth-order valence-corrected chi connectivity index (χ4v) is 4.94. The molecule has 0 aromatic rings. The van der Waals surface area contributed by atoms with E-state index in [1.807, 2.05) is 6.92 Å². The van der Waals surface area contributed by atoms with Crippen LogP contribution in [0.2, 0.25) is 0 Å². The lowest BCUT2D eigenvalue weighted by Gasteiger charge is -2.29. The van der Waals surface area contributed by atoms with E-state index in [2.05, 4.69) is 61.9 Å². The molecular weight excluding hydrogens is 568 g/mol. The number of nitrogens with two attached hydrogens (primary N) is 1. The number of carbonyl (C=O) groups is 4. The van der Waals surface area contributed by atoms with E-state index in [1.165, 1.54) is 16.7 Å². The van der Waals surface area contributed by atoms with Gasteiger partial charge in [-0.2, -0.15) is 11.8 Å². The predicted molar refractivity (Wildman–Crippen MR) is 176 cm³/mol. The quantitative estimate of drug-likeness (QED) is 0.0829. The van der Waals surface area contributed by atoms with E-state index in [9.17, 15) is 24.3 Å². The summed E-state index contributed by atoms with van der Waals surface area (Å²) in [5.74, 6) is -2.68. The molecule has 0 heterocycles. The Morgan fingerprint density at radius 3 is 1.86 bits per heavy atom. The smallest absolute Gasteiger partial charge is 0.328 e. The molecule has 0 fully saturated rings. The number of aliphatic hydroxyl groups excluding tert-OH is 1. The first-order valence-corrected chi connectivity index (χ1v) is 16.3. The number of thioether (sulfide) groups is 1. The van der Waals surface area contributed by atoms with Crippen molar-refractivity contribution in [2.24, 2.45) is 17.6 Å². The molecule has 5 atom stereocenters. The van der Waals surface area contributed by atoms with Crippen molar-refractivity contribution >= 4 is 35.5 Å². The Labute approximate surface area is 262 Å². The van der Waals surface area contributed by atoms with E-state index in [0.717, 1.165) is 31.4 Å². The van der Waals surface area contributed by atoms with Crippen molar-refractivity contribution in [2.75, 3.05) is 18.1 Å². The maximum Gasteiger partial charge on any atom is 0.328 e. The van der Waals surface area contributed by atoms with E-state index in [-0.39, 0.29) is 11.8 Å². The Bertz CT molecular complexity index is 990. The average molecular weight is 625 g/mol. The van der Waals surface area contributed by atoms with Crippen molar-refractivity contribution in [3.63, 3.8) is 0 Å². The summed E-state index contributed by atoms with van der Waals surface area (Å²) >= 11 is 1.54. The fourth-order valence-electron chi connectivity index (χ4n) is 4.00. The summed E-state index contributed by atoms with van der Waals surface area (Å²) in [6, 6.07) is -4.31. The van der Waals surface area contributed by atoms with E-state index in [0.29, 0.717) is 12.2 Å². The minimum atomic E-state index is -1.49. The van der Waals surface area contributed by atoms with Gasteiger partial charge in [-0.05, 0) is 65.2 Å². The molecule has 11 heteroatoms. The number of carboxylic acid groups (broad SMARTS) is 1.